The molecule has 2 N–H and O–H groups in total. The number of nitrogens with zero attached hydrogens (tertiary/aromatic N) is 2. The van der Waals surface area contributed by atoms with Gasteiger partial charge in [-0.3, -0.25) is 9.59 Å². The van der Waals surface area contributed by atoms with Gasteiger partial charge < -0.3 is 20.0 Å². The van der Waals surface area contributed by atoms with Gasteiger partial charge in [0, 0.05) is 25.5 Å². The molecule has 0 radical (unpaired) electrons. The number of rotatable bonds is 6. The Morgan fingerprint density at radius 1 is 1.06 bits per heavy atom. The first kappa shape index (κ1) is 12.4. The van der Waals surface area contributed by atoms with Crippen molar-refractivity contribution < 1.29 is 19.8 Å². The maximum Gasteiger partial charge on any atom is 0.305 e. The molecule has 0 spiro atoms. The van der Waals surface area contributed by atoms with Crippen molar-refractivity contribution in [2.45, 2.75) is 25.9 Å². The normalized spacial score (nSPS) is 15.8. The van der Waals surface area contributed by atoms with Crippen molar-refractivity contribution in [3.05, 3.63) is 12.4 Å². The fourth-order valence-electron chi connectivity index (χ4n) is 1.58. The lowest BCUT2D eigenvalue weighted by Crippen LogP contribution is -2.37. The second-order valence-electron chi connectivity index (χ2n) is 3.69. The predicted octanol–water partition coefficient (Wildman–Crippen LogP) is 0.371. The third-order valence-electron chi connectivity index (χ3n) is 2.58. The first-order valence-corrected chi connectivity index (χ1v) is 5.14. The smallest absolute Gasteiger partial charge is 0.305 e. The maximum atomic E-state index is 10.4. The lowest BCUT2D eigenvalue weighted by atomic mass is 10.3. The Morgan fingerprint density at radius 3 is 1.75 bits per heavy atom. The molecule has 0 aromatic rings. The van der Waals surface area contributed by atoms with Crippen LogP contribution in [-0.2, 0) is 9.59 Å². The molecule has 0 aliphatic carbocycles. The molecule has 0 atom stereocenters. The monoisotopic (exact) mass is 228 g/mol. The minimum Gasteiger partial charge on any atom is -0.481 e. The van der Waals surface area contributed by atoms with Gasteiger partial charge in [0.1, 0.15) is 0 Å². The molecule has 16 heavy (non-hydrogen) atoms. The van der Waals surface area contributed by atoms with Crippen LogP contribution in [0.2, 0.25) is 0 Å². The van der Waals surface area contributed by atoms with Gasteiger partial charge in [-0.15, -0.1) is 0 Å². The molecule has 1 heterocycles. The van der Waals surface area contributed by atoms with Gasteiger partial charge in [0.15, 0.2) is 0 Å². The molecular weight excluding hydrogens is 212 g/mol. The summed E-state index contributed by atoms with van der Waals surface area (Å²) in [5.74, 6) is -1.66. The van der Waals surface area contributed by atoms with Crippen LogP contribution in [0.15, 0.2) is 12.4 Å². The van der Waals surface area contributed by atoms with Gasteiger partial charge in [0.2, 0.25) is 0 Å². The molecule has 0 aromatic heterocycles. The molecule has 6 nitrogen and oxygen atoms in total. The van der Waals surface area contributed by atoms with Crippen LogP contribution < -0.4 is 0 Å². The summed E-state index contributed by atoms with van der Waals surface area (Å²) >= 11 is 0. The van der Waals surface area contributed by atoms with E-state index >= 15 is 0 Å². The summed E-state index contributed by atoms with van der Waals surface area (Å²) in [6, 6.07) is 0. The summed E-state index contributed by atoms with van der Waals surface area (Å²) in [4.78, 5) is 24.6. The Kier molecular flexibility index (Phi) is 4.16. The van der Waals surface area contributed by atoms with Crippen LogP contribution in [0.4, 0.5) is 0 Å². The van der Waals surface area contributed by atoms with Crippen molar-refractivity contribution in [2.75, 3.05) is 13.1 Å². The molecule has 0 unspecified atom stereocenters. The zero-order valence-corrected chi connectivity index (χ0v) is 9.17. The highest BCUT2D eigenvalue weighted by Crippen LogP contribution is 2.15. The van der Waals surface area contributed by atoms with Crippen LogP contribution in [0.25, 0.3) is 0 Å². The fourth-order valence-corrected chi connectivity index (χ4v) is 1.58. The highest BCUT2D eigenvalue weighted by atomic mass is 16.4. The number of aliphatic carboxylic acids is 2. The summed E-state index contributed by atoms with van der Waals surface area (Å²) in [7, 11) is 0. The zero-order valence-electron chi connectivity index (χ0n) is 9.17. The molecule has 0 saturated carbocycles. The Hall–Kier alpha value is -1.72. The molecular formula is C10H16N2O4. The van der Waals surface area contributed by atoms with Gasteiger partial charge in [-0.1, -0.05) is 0 Å². The van der Waals surface area contributed by atoms with Gasteiger partial charge in [-0.25, -0.2) is 0 Å². The van der Waals surface area contributed by atoms with E-state index in [9.17, 15) is 9.59 Å². The Labute approximate surface area is 93.8 Å². The van der Waals surface area contributed by atoms with Gasteiger partial charge in [-0.2, -0.15) is 0 Å². The Bertz CT molecular complexity index is 275. The quantitative estimate of drug-likeness (QED) is 0.683. The average molecular weight is 228 g/mol. The van der Waals surface area contributed by atoms with E-state index in [1.807, 2.05) is 16.7 Å². The number of hydrogen-bond acceptors (Lipinski definition) is 4. The van der Waals surface area contributed by atoms with Crippen LogP contribution in [0, 0.1) is 0 Å². The molecule has 0 bridgehead atoms. The van der Waals surface area contributed by atoms with Crippen LogP contribution in [0.1, 0.15) is 19.8 Å². The molecule has 90 valence electrons. The molecule has 1 aliphatic heterocycles. The molecule has 6 heteroatoms. The van der Waals surface area contributed by atoms with Gasteiger partial charge in [0.25, 0.3) is 0 Å². The van der Waals surface area contributed by atoms with E-state index in [2.05, 4.69) is 0 Å². The number of hydrogen-bond donors (Lipinski definition) is 2. The number of carbonyl (C=O) groups is 2. The largest absolute Gasteiger partial charge is 0.481 e. The third-order valence-corrected chi connectivity index (χ3v) is 2.58. The van der Waals surface area contributed by atoms with E-state index in [0.717, 1.165) is 0 Å². The van der Waals surface area contributed by atoms with Gasteiger partial charge in [-0.05, 0) is 6.92 Å². The van der Waals surface area contributed by atoms with Gasteiger partial charge >= 0.3 is 11.9 Å². The van der Waals surface area contributed by atoms with Crippen molar-refractivity contribution in [2.24, 2.45) is 0 Å². The summed E-state index contributed by atoms with van der Waals surface area (Å²) in [5.41, 5.74) is 0. The second-order valence-corrected chi connectivity index (χ2v) is 3.69. The highest BCUT2D eigenvalue weighted by molar-refractivity contribution is 5.67. The Balaban J connectivity index is 2.36. The summed E-state index contributed by atoms with van der Waals surface area (Å²) in [6.07, 6.45) is 3.80. The summed E-state index contributed by atoms with van der Waals surface area (Å²) in [6.45, 7) is 2.80. The lowest BCUT2D eigenvalue weighted by Gasteiger charge is -2.29. The minimum atomic E-state index is -0.829. The fraction of sp³-hybridized carbons (Fsp3) is 0.600. The Morgan fingerprint density at radius 2 is 1.44 bits per heavy atom. The van der Waals surface area contributed by atoms with Gasteiger partial charge in [0.05, 0.1) is 19.0 Å². The van der Waals surface area contributed by atoms with Crippen LogP contribution in [0.3, 0.4) is 0 Å². The topological polar surface area (TPSA) is 81.1 Å². The third kappa shape index (κ3) is 3.45. The zero-order chi connectivity index (χ0) is 12.1. The van der Waals surface area contributed by atoms with Crippen LogP contribution >= 0.6 is 0 Å². The second kappa shape index (κ2) is 5.39. The van der Waals surface area contributed by atoms with Crippen molar-refractivity contribution in [3.63, 3.8) is 0 Å². The average Bonchev–Trinajstić information content (AvgIpc) is 2.53. The van der Waals surface area contributed by atoms with Crippen molar-refractivity contribution in [1.82, 2.24) is 9.80 Å². The first-order valence-electron chi connectivity index (χ1n) is 5.14. The SMILES string of the molecule is CC1N(CCC(=O)O)C=CN1CCC(=O)O. The minimum absolute atomic E-state index is 0.0266. The van der Waals surface area contributed by atoms with Crippen molar-refractivity contribution in [3.8, 4) is 0 Å². The maximum absolute atomic E-state index is 10.4. The molecule has 0 aromatic carbocycles. The van der Waals surface area contributed by atoms with Crippen LogP contribution in [0.5, 0.6) is 0 Å². The molecule has 0 amide bonds. The number of carboxylic acids is 2. The van der Waals surface area contributed by atoms with E-state index < -0.39 is 11.9 Å². The van der Waals surface area contributed by atoms with Crippen LogP contribution in [-0.4, -0.2) is 51.2 Å². The molecule has 1 rings (SSSR count). The van der Waals surface area contributed by atoms with E-state index in [-0.39, 0.29) is 19.0 Å². The summed E-state index contributed by atoms with van der Waals surface area (Å²) in [5, 5.41) is 17.1. The lowest BCUT2D eigenvalue weighted by molar-refractivity contribution is -0.138. The molecule has 0 fully saturated rings. The molecule has 0 saturated heterocycles. The van der Waals surface area contributed by atoms with Crippen molar-refractivity contribution in [1.29, 1.82) is 0 Å². The van der Waals surface area contributed by atoms with E-state index in [1.54, 1.807) is 12.4 Å². The first-order chi connectivity index (χ1) is 7.50. The van der Waals surface area contributed by atoms with E-state index in [1.165, 1.54) is 0 Å². The summed E-state index contributed by atoms with van der Waals surface area (Å²) < 4.78 is 0. The molecule has 1 aliphatic rings. The van der Waals surface area contributed by atoms with E-state index in [0.29, 0.717) is 13.1 Å². The number of carboxylic acid groups (broad SMARTS) is 2. The highest BCUT2D eigenvalue weighted by Gasteiger charge is 2.22. The predicted molar refractivity (Wildman–Crippen MR) is 56.5 cm³/mol. The standard InChI is InChI=1S/C10H16N2O4/c1-8-11(4-2-9(13)14)6-7-12(8)5-3-10(15)16/h6-8H,2-5H2,1H3,(H,13,14)(H,15,16). The van der Waals surface area contributed by atoms with E-state index in [4.69, 9.17) is 10.2 Å². The van der Waals surface area contributed by atoms with Crippen molar-refractivity contribution >= 4 is 11.9 Å².